The number of benzene rings is 2. The van der Waals surface area contributed by atoms with Crippen molar-refractivity contribution in [2.45, 2.75) is 13.8 Å². The minimum absolute atomic E-state index is 0.181. The molecule has 0 saturated heterocycles. The van der Waals surface area contributed by atoms with Gasteiger partial charge in [0.25, 0.3) is 5.56 Å². The number of hydrogen-bond donors (Lipinski definition) is 2. The zero-order chi connectivity index (χ0) is 16.9. The van der Waals surface area contributed by atoms with Crippen molar-refractivity contribution in [3.05, 3.63) is 52.8 Å². The van der Waals surface area contributed by atoms with Gasteiger partial charge in [-0.25, -0.2) is 4.98 Å². The zero-order valence-corrected chi connectivity index (χ0v) is 13.6. The zero-order valence-electron chi connectivity index (χ0n) is 13.6. The van der Waals surface area contributed by atoms with Crippen LogP contribution in [0, 0.1) is 0 Å². The molecular formula is C18H19N3O3. The topological polar surface area (TPSA) is 76.2 Å². The van der Waals surface area contributed by atoms with Crippen molar-refractivity contribution in [1.82, 2.24) is 9.97 Å². The molecular weight excluding hydrogens is 306 g/mol. The molecule has 0 radical (unpaired) electrons. The molecule has 0 saturated carbocycles. The lowest BCUT2D eigenvalue weighted by atomic mass is 10.2. The van der Waals surface area contributed by atoms with Crippen molar-refractivity contribution in [1.29, 1.82) is 0 Å². The van der Waals surface area contributed by atoms with Crippen LogP contribution in [0.25, 0.3) is 10.9 Å². The van der Waals surface area contributed by atoms with E-state index in [4.69, 9.17) is 9.47 Å². The fourth-order valence-electron chi connectivity index (χ4n) is 2.41. The molecule has 124 valence electrons. The highest BCUT2D eigenvalue weighted by atomic mass is 16.5. The summed E-state index contributed by atoms with van der Waals surface area (Å²) in [6.45, 7) is 4.94. The number of nitrogens with one attached hydrogen (secondary N) is 2. The van der Waals surface area contributed by atoms with Crippen molar-refractivity contribution >= 4 is 22.5 Å². The minimum Gasteiger partial charge on any atom is -0.490 e. The molecule has 0 aliphatic rings. The molecule has 1 heterocycles. The molecule has 2 N–H and O–H groups in total. The number of aromatic nitrogens is 2. The summed E-state index contributed by atoms with van der Waals surface area (Å²) >= 11 is 0. The molecule has 6 heteroatoms. The average Bonchev–Trinajstić information content (AvgIpc) is 2.58. The summed E-state index contributed by atoms with van der Waals surface area (Å²) in [5, 5.41) is 3.66. The van der Waals surface area contributed by atoms with Crippen LogP contribution in [0.3, 0.4) is 0 Å². The van der Waals surface area contributed by atoms with Crippen LogP contribution in [-0.4, -0.2) is 23.2 Å². The molecule has 3 aromatic rings. The molecule has 3 rings (SSSR count). The summed E-state index contributed by atoms with van der Waals surface area (Å²) in [4.78, 5) is 19.3. The summed E-state index contributed by atoms with van der Waals surface area (Å²) < 4.78 is 11.1. The Morgan fingerprint density at radius 3 is 2.58 bits per heavy atom. The summed E-state index contributed by atoms with van der Waals surface area (Å²) in [5.41, 5.74) is 1.21. The van der Waals surface area contributed by atoms with Crippen LogP contribution in [0.5, 0.6) is 11.5 Å². The Hall–Kier alpha value is -3.02. The molecule has 0 unspecified atom stereocenters. The number of nitrogens with zero attached hydrogens (tertiary/aromatic N) is 1. The predicted molar refractivity (Wildman–Crippen MR) is 94.4 cm³/mol. The summed E-state index contributed by atoms with van der Waals surface area (Å²) in [6, 6.07) is 12.7. The third-order valence-corrected chi connectivity index (χ3v) is 3.42. The first-order valence-electron chi connectivity index (χ1n) is 7.87. The van der Waals surface area contributed by atoms with Crippen LogP contribution >= 0.6 is 0 Å². The van der Waals surface area contributed by atoms with E-state index in [1.165, 1.54) is 0 Å². The standard InChI is InChI=1S/C18H19N3O3/c1-3-23-15-10-9-12(11-16(15)24-4-2)19-18-20-14-8-6-5-7-13(14)17(22)21-18/h5-11H,3-4H2,1-2H3,(H2,19,20,21,22). The van der Waals surface area contributed by atoms with Gasteiger partial charge >= 0.3 is 0 Å². The maximum absolute atomic E-state index is 12.1. The monoisotopic (exact) mass is 325 g/mol. The maximum atomic E-state index is 12.1. The van der Waals surface area contributed by atoms with Gasteiger partial charge in [-0.3, -0.25) is 9.78 Å². The number of para-hydroxylation sites is 1. The second-order valence-corrected chi connectivity index (χ2v) is 5.08. The number of rotatable bonds is 6. The largest absolute Gasteiger partial charge is 0.490 e. The van der Waals surface area contributed by atoms with Crippen molar-refractivity contribution in [3.8, 4) is 11.5 Å². The Morgan fingerprint density at radius 2 is 1.79 bits per heavy atom. The summed E-state index contributed by atoms with van der Waals surface area (Å²) in [7, 11) is 0. The number of anilines is 2. The molecule has 1 aromatic heterocycles. The van der Waals surface area contributed by atoms with E-state index in [9.17, 15) is 4.79 Å². The lowest BCUT2D eigenvalue weighted by Gasteiger charge is -2.13. The van der Waals surface area contributed by atoms with Crippen molar-refractivity contribution in [2.24, 2.45) is 0 Å². The molecule has 6 nitrogen and oxygen atoms in total. The van der Waals surface area contributed by atoms with E-state index < -0.39 is 0 Å². The Labute approximate surface area is 139 Å². The van der Waals surface area contributed by atoms with E-state index in [1.54, 1.807) is 12.1 Å². The van der Waals surface area contributed by atoms with Gasteiger partial charge in [-0.15, -0.1) is 0 Å². The SMILES string of the molecule is CCOc1ccc(Nc2nc3ccccc3c(=O)[nH]2)cc1OCC. The van der Waals surface area contributed by atoms with E-state index >= 15 is 0 Å². The molecule has 0 spiro atoms. The third kappa shape index (κ3) is 3.32. The highest BCUT2D eigenvalue weighted by Crippen LogP contribution is 2.31. The molecule has 0 bridgehead atoms. The number of fused-ring (bicyclic) bond motifs is 1. The predicted octanol–water partition coefficient (Wildman–Crippen LogP) is 3.46. The van der Waals surface area contributed by atoms with Gasteiger partial charge in [-0.2, -0.15) is 0 Å². The molecule has 0 fully saturated rings. The second kappa shape index (κ2) is 7.04. The fourth-order valence-corrected chi connectivity index (χ4v) is 2.41. The van der Waals surface area contributed by atoms with E-state index in [1.807, 2.05) is 44.2 Å². The number of ether oxygens (including phenoxy) is 2. The van der Waals surface area contributed by atoms with Gasteiger partial charge in [0.2, 0.25) is 5.95 Å². The molecule has 0 amide bonds. The van der Waals surface area contributed by atoms with Crippen LogP contribution in [-0.2, 0) is 0 Å². The lowest BCUT2D eigenvalue weighted by molar-refractivity contribution is 0.288. The number of H-pyrrole nitrogens is 1. The Bertz CT molecular complexity index is 905. The van der Waals surface area contributed by atoms with Gasteiger partial charge in [-0.05, 0) is 38.1 Å². The highest BCUT2D eigenvalue weighted by molar-refractivity contribution is 5.78. The van der Waals surface area contributed by atoms with Crippen LogP contribution in [0.15, 0.2) is 47.3 Å². The van der Waals surface area contributed by atoms with Gasteiger partial charge in [0, 0.05) is 11.8 Å². The van der Waals surface area contributed by atoms with Gasteiger partial charge in [0.1, 0.15) is 0 Å². The average molecular weight is 325 g/mol. The van der Waals surface area contributed by atoms with Gasteiger partial charge in [-0.1, -0.05) is 12.1 Å². The first-order valence-corrected chi connectivity index (χ1v) is 7.87. The Kier molecular flexibility index (Phi) is 4.65. The van der Waals surface area contributed by atoms with Crippen LogP contribution in [0.1, 0.15) is 13.8 Å². The van der Waals surface area contributed by atoms with Crippen molar-refractivity contribution in [3.63, 3.8) is 0 Å². The van der Waals surface area contributed by atoms with Crippen molar-refractivity contribution < 1.29 is 9.47 Å². The van der Waals surface area contributed by atoms with E-state index in [0.717, 1.165) is 5.69 Å². The Morgan fingerprint density at radius 1 is 1.04 bits per heavy atom. The first-order chi connectivity index (χ1) is 11.7. The van der Waals surface area contributed by atoms with Gasteiger partial charge < -0.3 is 14.8 Å². The van der Waals surface area contributed by atoms with Crippen LogP contribution in [0.2, 0.25) is 0 Å². The molecule has 2 aromatic carbocycles. The first kappa shape index (κ1) is 15.9. The minimum atomic E-state index is -0.181. The molecule has 0 atom stereocenters. The van der Waals surface area contributed by atoms with E-state index in [-0.39, 0.29) is 5.56 Å². The highest BCUT2D eigenvalue weighted by Gasteiger charge is 2.08. The number of aromatic amines is 1. The fraction of sp³-hybridized carbons (Fsp3) is 0.222. The van der Waals surface area contributed by atoms with E-state index in [0.29, 0.717) is 41.6 Å². The van der Waals surface area contributed by atoms with Crippen LogP contribution < -0.4 is 20.3 Å². The third-order valence-electron chi connectivity index (χ3n) is 3.42. The molecule has 24 heavy (non-hydrogen) atoms. The lowest BCUT2D eigenvalue weighted by Crippen LogP contribution is -2.11. The maximum Gasteiger partial charge on any atom is 0.260 e. The molecule has 0 aliphatic carbocycles. The molecule has 0 aliphatic heterocycles. The van der Waals surface area contributed by atoms with Crippen LogP contribution in [0.4, 0.5) is 11.6 Å². The van der Waals surface area contributed by atoms with Crippen molar-refractivity contribution in [2.75, 3.05) is 18.5 Å². The smallest absolute Gasteiger partial charge is 0.260 e. The van der Waals surface area contributed by atoms with Gasteiger partial charge in [0.15, 0.2) is 11.5 Å². The normalized spacial score (nSPS) is 10.6. The summed E-state index contributed by atoms with van der Waals surface area (Å²) in [5.74, 6) is 1.71. The summed E-state index contributed by atoms with van der Waals surface area (Å²) in [6.07, 6.45) is 0. The van der Waals surface area contributed by atoms with Gasteiger partial charge in [0.05, 0.1) is 24.1 Å². The second-order valence-electron chi connectivity index (χ2n) is 5.08. The number of hydrogen-bond acceptors (Lipinski definition) is 5. The Balaban J connectivity index is 1.93. The quantitative estimate of drug-likeness (QED) is 0.726. The van der Waals surface area contributed by atoms with E-state index in [2.05, 4.69) is 15.3 Å².